The topological polar surface area (TPSA) is 102 Å². The lowest BCUT2D eigenvalue weighted by molar-refractivity contribution is -0.138. The lowest BCUT2D eigenvalue weighted by Crippen LogP contribution is -2.50. The highest BCUT2D eigenvalue weighted by Gasteiger charge is 2.51. The number of nitrogens with zero attached hydrogens (tertiary/aromatic N) is 2. The highest BCUT2D eigenvalue weighted by atomic mass is 35.5. The number of nitrogens with one attached hydrogen (secondary N) is 1. The Kier molecular flexibility index (Phi) is 6.41. The van der Waals surface area contributed by atoms with E-state index in [4.69, 9.17) is 21.4 Å². The quantitative estimate of drug-likeness (QED) is 0.654. The molecule has 1 aromatic rings. The van der Waals surface area contributed by atoms with Gasteiger partial charge in [0, 0.05) is 38.6 Å². The summed E-state index contributed by atoms with van der Waals surface area (Å²) in [6.07, 6.45) is -1.28. The number of halogens is 1. The molecule has 0 saturated carbocycles. The Bertz CT molecular complexity index is 751. The molecule has 0 spiro atoms. The van der Waals surface area contributed by atoms with Crippen molar-refractivity contribution in [3.63, 3.8) is 0 Å². The zero-order valence-electron chi connectivity index (χ0n) is 15.6. The van der Waals surface area contributed by atoms with Crippen molar-refractivity contribution in [2.45, 2.75) is 38.0 Å². The van der Waals surface area contributed by atoms with Crippen molar-refractivity contribution < 1.29 is 24.2 Å². The number of epoxide rings is 1. The number of piperazine rings is 1. The van der Waals surface area contributed by atoms with Gasteiger partial charge in [0.1, 0.15) is 0 Å². The van der Waals surface area contributed by atoms with Crippen LogP contribution in [0, 0.1) is 0 Å². The number of carbonyl (C=O) groups excluding carboxylic acids is 2. The first-order valence-corrected chi connectivity index (χ1v) is 9.74. The first kappa shape index (κ1) is 20.4. The van der Waals surface area contributed by atoms with Crippen LogP contribution in [0.3, 0.4) is 0 Å². The van der Waals surface area contributed by atoms with Gasteiger partial charge in [-0.2, -0.15) is 0 Å². The van der Waals surface area contributed by atoms with Gasteiger partial charge in [-0.15, -0.1) is 0 Å². The molecule has 0 aromatic heterocycles. The zero-order valence-corrected chi connectivity index (χ0v) is 16.4. The van der Waals surface area contributed by atoms with E-state index in [1.54, 1.807) is 4.90 Å². The number of benzene rings is 1. The molecular weight excluding hydrogens is 386 g/mol. The van der Waals surface area contributed by atoms with Crippen LogP contribution >= 0.6 is 11.6 Å². The highest BCUT2D eigenvalue weighted by Crippen LogP contribution is 2.26. The van der Waals surface area contributed by atoms with E-state index in [0.717, 1.165) is 5.69 Å². The van der Waals surface area contributed by atoms with E-state index >= 15 is 0 Å². The molecule has 0 radical (unpaired) electrons. The molecule has 1 unspecified atom stereocenters. The third-order valence-corrected chi connectivity index (χ3v) is 5.40. The summed E-state index contributed by atoms with van der Waals surface area (Å²) in [5, 5.41) is 12.2. The summed E-state index contributed by atoms with van der Waals surface area (Å²) in [5.74, 6) is -1.66. The lowest BCUT2D eigenvalue weighted by Gasteiger charge is -2.37. The Balaban J connectivity index is 1.47. The maximum absolute atomic E-state index is 12.6. The molecule has 3 rings (SSSR count). The van der Waals surface area contributed by atoms with E-state index in [2.05, 4.69) is 10.2 Å². The SMILES string of the molecule is CCC(CC(=O)N1CCN(c2ccccc2Cl)CC1)NC(=O)[C@H]1O[C@@H]1C(=O)O. The number of para-hydroxylation sites is 1. The number of aliphatic carboxylic acids is 1. The maximum Gasteiger partial charge on any atom is 0.336 e. The third kappa shape index (κ3) is 4.74. The van der Waals surface area contributed by atoms with Crippen LogP contribution in [0.5, 0.6) is 0 Å². The van der Waals surface area contributed by atoms with Gasteiger partial charge in [0.2, 0.25) is 5.91 Å². The van der Waals surface area contributed by atoms with Gasteiger partial charge in [-0.3, -0.25) is 9.59 Å². The zero-order chi connectivity index (χ0) is 20.3. The second kappa shape index (κ2) is 8.79. The molecule has 2 heterocycles. The van der Waals surface area contributed by atoms with Crippen LogP contribution in [0.4, 0.5) is 5.69 Å². The number of ether oxygens (including phenoxy) is 1. The van der Waals surface area contributed by atoms with E-state index in [-0.39, 0.29) is 18.4 Å². The summed E-state index contributed by atoms with van der Waals surface area (Å²) in [6.45, 7) is 4.42. The molecule has 3 atom stereocenters. The Hall–Kier alpha value is -2.32. The van der Waals surface area contributed by atoms with E-state index in [1.165, 1.54) is 0 Å². The molecule has 2 saturated heterocycles. The molecule has 1 aromatic carbocycles. The fourth-order valence-electron chi connectivity index (χ4n) is 3.33. The lowest BCUT2D eigenvalue weighted by atomic mass is 10.1. The summed E-state index contributed by atoms with van der Waals surface area (Å²) >= 11 is 6.24. The van der Waals surface area contributed by atoms with E-state index < -0.39 is 24.1 Å². The molecule has 0 bridgehead atoms. The van der Waals surface area contributed by atoms with Gasteiger partial charge >= 0.3 is 5.97 Å². The largest absolute Gasteiger partial charge is 0.479 e. The first-order valence-electron chi connectivity index (χ1n) is 9.36. The molecular formula is C19H24ClN3O5. The van der Waals surface area contributed by atoms with E-state index in [1.807, 2.05) is 31.2 Å². The monoisotopic (exact) mass is 409 g/mol. The van der Waals surface area contributed by atoms with Crippen LogP contribution in [-0.2, 0) is 19.1 Å². The molecule has 28 heavy (non-hydrogen) atoms. The number of amides is 2. The van der Waals surface area contributed by atoms with E-state index in [0.29, 0.717) is 37.6 Å². The molecule has 8 nitrogen and oxygen atoms in total. The van der Waals surface area contributed by atoms with Crippen LogP contribution in [0.15, 0.2) is 24.3 Å². The predicted octanol–water partition coefficient (Wildman–Crippen LogP) is 1.13. The number of hydrogen-bond acceptors (Lipinski definition) is 5. The number of anilines is 1. The molecule has 0 aliphatic carbocycles. The van der Waals surface area contributed by atoms with Gasteiger partial charge in [0.15, 0.2) is 12.2 Å². The van der Waals surface area contributed by atoms with Crippen molar-refractivity contribution in [1.29, 1.82) is 0 Å². The minimum atomic E-state index is -1.15. The summed E-state index contributed by atoms with van der Waals surface area (Å²) in [5.41, 5.74) is 0.965. The first-order chi connectivity index (χ1) is 13.4. The Morgan fingerprint density at radius 2 is 1.89 bits per heavy atom. The van der Waals surface area contributed by atoms with Gasteiger partial charge in [-0.05, 0) is 18.6 Å². The van der Waals surface area contributed by atoms with Crippen molar-refractivity contribution in [2.24, 2.45) is 0 Å². The average Bonchev–Trinajstić information content (AvgIpc) is 3.49. The second-order valence-corrected chi connectivity index (χ2v) is 7.36. The number of carboxylic acid groups (broad SMARTS) is 1. The molecule has 2 aliphatic heterocycles. The van der Waals surface area contributed by atoms with Gasteiger partial charge in [0.25, 0.3) is 5.91 Å². The number of rotatable bonds is 7. The maximum atomic E-state index is 12.6. The van der Waals surface area contributed by atoms with Crippen LogP contribution in [0.25, 0.3) is 0 Å². The van der Waals surface area contributed by atoms with Crippen molar-refractivity contribution >= 4 is 35.1 Å². The number of carboxylic acids is 1. The summed E-state index contributed by atoms with van der Waals surface area (Å²) < 4.78 is 4.85. The van der Waals surface area contributed by atoms with Crippen molar-refractivity contribution in [1.82, 2.24) is 10.2 Å². The number of hydrogen-bond donors (Lipinski definition) is 2. The smallest absolute Gasteiger partial charge is 0.336 e. The third-order valence-electron chi connectivity index (χ3n) is 5.08. The second-order valence-electron chi connectivity index (χ2n) is 6.95. The molecule has 2 fully saturated rings. The molecule has 152 valence electrons. The Morgan fingerprint density at radius 1 is 1.21 bits per heavy atom. The highest BCUT2D eigenvalue weighted by molar-refractivity contribution is 6.33. The molecule has 2 N–H and O–H groups in total. The molecule has 9 heteroatoms. The van der Waals surface area contributed by atoms with E-state index in [9.17, 15) is 14.4 Å². The fourth-order valence-corrected chi connectivity index (χ4v) is 3.58. The molecule has 2 aliphatic rings. The average molecular weight is 410 g/mol. The summed E-state index contributed by atoms with van der Waals surface area (Å²) in [7, 11) is 0. The number of carbonyl (C=O) groups is 3. The summed E-state index contributed by atoms with van der Waals surface area (Å²) in [4.78, 5) is 39.4. The van der Waals surface area contributed by atoms with Crippen LogP contribution in [0.2, 0.25) is 5.02 Å². The van der Waals surface area contributed by atoms with Crippen molar-refractivity contribution in [3.05, 3.63) is 29.3 Å². The summed E-state index contributed by atoms with van der Waals surface area (Å²) in [6, 6.07) is 7.29. The fraction of sp³-hybridized carbons (Fsp3) is 0.526. The molecule has 2 amide bonds. The Labute approximate surface area is 168 Å². The standard InChI is InChI=1S/C19H24ClN3O5/c1-2-12(21-18(25)16-17(28-16)19(26)27)11-15(24)23-9-7-22(8-10-23)14-6-4-3-5-13(14)20/h3-6,12,16-17H,2,7-11H2,1H3,(H,21,25)(H,26,27)/t12?,16-,17-/m0/s1. The van der Waals surface area contributed by atoms with Gasteiger partial charge in [0.05, 0.1) is 10.7 Å². The van der Waals surface area contributed by atoms with Crippen LogP contribution < -0.4 is 10.2 Å². The minimum Gasteiger partial charge on any atom is -0.479 e. The van der Waals surface area contributed by atoms with Gasteiger partial charge in [-0.25, -0.2) is 4.79 Å². The Morgan fingerprint density at radius 3 is 2.46 bits per heavy atom. The minimum absolute atomic E-state index is 0.0301. The van der Waals surface area contributed by atoms with Gasteiger partial charge < -0.3 is 25.0 Å². The normalized spacial score (nSPS) is 22.5. The van der Waals surface area contributed by atoms with Gasteiger partial charge in [-0.1, -0.05) is 30.7 Å². The predicted molar refractivity (Wildman–Crippen MR) is 103 cm³/mol. The van der Waals surface area contributed by atoms with Crippen molar-refractivity contribution in [2.75, 3.05) is 31.1 Å². The van der Waals surface area contributed by atoms with Crippen LogP contribution in [-0.4, -0.2) is 72.2 Å². The van der Waals surface area contributed by atoms with Crippen molar-refractivity contribution in [3.8, 4) is 0 Å². The van der Waals surface area contributed by atoms with Crippen LogP contribution in [0.1, 0.15) is 19.8 Å².